The first-order valence-corrected chi connectivity index (χ1v) is 9.18. The molecule has 0 aliphatic heterocycles. The number of sulfone groups is 1. The largest absolute Gasteiger partial charge is 0.399 e. The molecule has 0 saturated carbocycles. The number of hydrogen-bond donors (Lipinski definition) is 2. The number of anilines is 1. The van der Waals surface area contributed by atoms with E-state index in [0.717, 1.165) is 6.26 Å². The number of sulfonamides is 1. The predicted molar refractivity (Wildman–Crippen MR) is 75.4 cm³/mol. The van der Waals surface area contributed by atoms with Crippen molar-refractivity contribution in [2.24, 2.45) is 0 Å². The number of nitrogens with two attached hydrogens (primary N) is 1. The number of halogens is 1. The first kappa shape index (κ1) is 16.2. The third-order valence-electron chi connectivity index (χ3n) is 2.15. The molecule has 19 heavy (non-hydrogen) atoms. The Balaban J connectivity index is 3.02. The van der Waals surface area contributed by atoms with E-state index in [1.807, 2.05) is 0 Å². The normalized spacial score (nSPS) is 14.3. The van der Waals surface area contributed by atoms with Gasteiger partial charge in [0.15, 0.2) is 0 Å². The fourth-order valence-electron chi connectivity index (χ4n) is 1.54. The molecule has 0 aromatic heterocycles. The van der Waals surface area contributed by atoms with Gasteiger partial charge in [0.1, 0.15) is 14.7 Å². The Kier molecular flexibility index (Phi) is 4.83. The van der Waals surface area contributed by atoms with Crippen molar-refractivity contribution < 1.29 is 16.8 Å². The molecule has 0 saturated heterocycles. The second-order valence-electron chi connectivity index (χ2n) is 4.30. The molecular formula is C10H15ClN2O4S2. The monoisotopic (exact) mass is 326 g/mol. The van der Waals surface area contributed by atoms with Crippen LogP contribution >= 0.6 is 11.6 Å². The Morgan fingerprint density at radius 2 is 1.89 bits per heavy atom. The molecule has 0 bridgehead atoms. The highest BCUT2D eigenvalue weighted by atomic mass is 35.5. The maximum atomic E-state index is 12.1. The Bertz CT molecular complexity index is 671. The van der Waals surface area contributed by atoms with Gasteiger partial charge in [0, 0.05) is 18.0 Å². The molecule has 0 heterocycles. The summed E-state index contributed by atoms with van der Waals surface area (Å²) in [7, 11) is -7.19. The summed E-state index contributed by atoms with van der Waals surface area (Å²) in [6.07, 6.45) is 1.03. The van der Waals surface area contributed by atoms with Crippen molar-refractivity contribution in [1.29, 1.82) is 0 Å². The lowest BCUT2D eigenvalue weighted by molar-refractivity contribution is 0.564. The second-order valence-corrected chi connectivity index (χ2v) is 8.58. The van der Waals surface area contributed by atoms with E-state index in [0.29, 0.717) is 0 Å². The summed E-state index contributed by atoms with van der Waals surface area (Å²) in [6.45, 7) is 1.46. The van der Waals surface area contributed by atoms with Gasteiger partial charge in [0.2, 0.25) is 10.0 Å². The van der Waals surface area contributed by atoms with Gasteiger partial charge in [0.05, 0.1) is 10.8 Å². The molecule has 0 spiro atoms. The molecule has 108 valence electrons. The third-order valence-corrected chi connectivity index (χ3v) is 5.33. The zero-order valence-corrected chi connectivity index (χ0v) is 12.8. The molecule has 0 aliphatic carbocycles. The van der Waals surface area contributed by atoms with Crippen LogP contribution in [0.2, 0.25) is 5.02 Å². The highest BCUT2D eigenvalue weighted by Gasteiger charge is 2.22. The average molecular weight is 327 g/mol. The van der Waals surface area contributed by atoms with E-state index >= 15 is 0 Å². The quantitative estimate of drug-likeness (QED) is 0.772. The molecule has 0 fully saturated rings. The van der Waals surface area contributed by atoms with Gasteiger partial charge in [-0.1, -0.05) is 11.6 Å². The molecule has 0 radical (unpaired) electrons. The smallest absolute Gasteiger partial charge is 0.242 e. The maximum absolute atomic E-state index is 12.1. The van der Waals surface area contributed by atoms with Crippen molar-refractivity contribution in [3.05, 3.63) is 23.2 Å². The van der Waals surface area contributed by atoms with E-state index in [9.17, 15) is 16.8 Å². The van der Waals surface area contributed by atoms with E-state index in [1.165, 1.54) is 25.1 Å². The van der Waals surface area contributed by atoms with E-state index in [4.69, 9.17) is 17.3 Å². The standard InChI is InChI=1S/C10H15ClN2O4S2/c1-7(6-18(2,14)15)13-19(16,17)10-5-8(12)3-4-9(10)11/h3-5,7,13H,6,12H2,1-2H3. The summed E-state index contributed by atoms with van der Waals surface area (Å²) in [6, 6.07) is 3.30. The molecule has 6 nitrogen and oxygen atoms in total. The van der Waals surface area contributed by atoms with Crippen LogP contribution in [-0.4, -0.2) is 34.9 Å². The maximum Gasteiger partial charge on any atom is 0.242 e. The molecular weight excluding hydrogens is 312 g/mol. The zero-order chi connectivity index (χ0) is 14.8. The van der Waals surface area contributed by atoms with Gasteiger partial charge >= 0.3 is 0 Å². The summed E-state index contributed by atoms with van der Waals surface area (Å²) in [4.78, 5) is -0.172. The summed E-state index contributed by atoms with van der Waals surface area (Å²) in [5.74, 6) is -0.299. The van der Waals surface area contributed by atoms with Crippen LogP contribution in [-0.2, 0) is 19.9 Å². The number of benzene rings is 1. The predicted octanol–water partition coefficient (Wildman–Crippen LogP) is 0.634. The van der Waals surface area contributed by atoms with Crippen molar-refractivity contribution in [1.82, 2.24) is 4.72 Å². The van der Waals surface area contributed by atoms with Crippen molar-refractivity contribution >= 4 is 37.1 Å². The number of nitrogen functional groups attached to an aromatic ring is 1. The molecule has 0 amide bonds. The molecule has 1 aromatic rings. The molecule has 1 unspecified atom stereocenters. The molecule has 1 atom stereocenters. The van der Waals surface area contributed by atoms with Crippen LogP contribution in [0, 0.1) is 0 Å². The Morgan fingerprint density at radius 3 is 2.42 bits per heavy atom. The Labute approximate surface area is 117 Å². The van der Waals surface area contributed by atoms with E-state index in [-0.39, 0.29) is 21.4 Å². The van der Waals surface area contributed by atoms with E-state index in [1.54, 1.807) is 0 Å². The average Bonchev–Trinajstić information content (AvgIpc) is 2.17. The van der Waals surface area contributed by atoms with Crippen LogP contribution < -0.4 is 10.5 Å². The minimum Gasteiger partial charge on any atom is -0.399 e. The highest BCUT2D eigenvalue weighted by molar-refractivity contribution is 7.91. The van der Waals surface area contributed by atoms with Crippen LogP contribution in [0.5, 0.6) is 0 Å². The lowest BCUT2D eigenvalue weighted by Gasteiger charge is -2.14. The van der Waals surface area contributed by atoms with E-state index < -0.39 is 25.9 Å². The van der Waals surface area contributed by atoms with Crippen molar-refractivity contribution in [2.45, 2.75) is 17.9 Å². The van der Waals surface area contributed by atoms with Crippen LogP contribution in [0.25, 0.3) is 0 Å². The first-order valence-electron chi connectivity index (χ1n) is 5.26. The van der Waals surface area contributed by atoms with Gasteiger partial charge in [-0.2, -0.15) is 0 Å². The van der Waals surface area contributed by atoms with Crippen molar-refractivity contribution in [2.75, 3.05) is 17.7 Å². The molecule has 1 aromatic carbocycles. The minimum atomic E-state index is -3.91. The Morgan fingerprint density at radius 1 is 1.32 bits per heavy atom. The zero-order valence-electron chi connectivity index (χ0n) is 10.4. The van der Waals surface area contributed by atoms with Gasteiger partial charge in [-0.3, -0.25) is 0 Å². The third kappa shape index (κ3) is 4.98. The van der Waals surface area contributed by atoms with Gasteiger partial charge in [-0.05, 0) is 25.1 Å². The van der Waals surface area contributed by atoms with Gasteiger partial charge in [0.25, 0.3) is 0 Å². The van der Waals surface area contributed by atoms with E-state index in [2.05, 4.69) is 4.72 Å². The summed E-state index contributed by atoms with van der Waals surface area (Å²) < 4.78 is 48.6. The molecule has 3 N–H and O–H groups in total. The van der Waals surface area contributed by atoms with Crippen molar-refractivity contribution in [3.63, 3.8) is 0 Å². The number of nitrogens with one attached hydrogen (secondary N) is 1. The van der Waals surface area contributed by atoms with Crippen LogP contribution in [0.3, 0.4) is 0 Å². The van der Waals surface area contributed by atoms with Gasteiger partial charge in [-0.25, -0.2) is 21.6 Å². The first-order chi connectivity index (χ1) is 8.51. The second kappa shape index (κ2) is 5.66. The van der Waals surface area contributed by atoms with Crippen LogP contribution in [0.1, 0.15) is 6.92 Å². The Hall–Kier alpha value is -0.830. The van der Waals surface area contributed by atoms with Crippen molar-refractivity contribution in [3.8, 4) is 0 Å². The fraction of sp³-hybridized carbons (Fsp3) is 0.400. The SMILES string of the molecule is CC(CS(C)(=O)=O)NS(=O)(=O)c1cc(N)ccc1Cl. The highest BCUT2D eigenvalue weighted by Crippen LogP contribution is 2.23. The van der Waals surface area contributed by atoms with Crippen LogP contribution in [0.15, 0.2) is 23.1 Å². The lowest BCUT2D eigenvalue weighted by atomic mass is 10.3. The molecule has 0 aliphatic rings. The summed E-state index contributed by atoms with van der Waals surface area (Å²) >= 11 is 5.80. The van der Waals surface area contributed by atoms with Gasteiger partial charge < -0.3 is 5.73 Å². The topological polar surface area (TPSA) is 106 Å². The van der Waals surface area contributed by atoms with Gasteiger partial charge in [-0.15, -0.1) is 0 Å². The van der Waals surface area contributed by atoms with Crippen LogP contribution in [0.4, 0.5) is 5.69 Å². The minimum absolute atomic E-state index is 0.0215. The number of rotatable bonds is 5. The lowest BCUT2D eigenvalue weighted by Crippen LogP contribution is -2.37. The fourth-order valence-corrected chi connectivity index (χ4v) is 4.42. The summed E-state index contributed by atoms with van der Waals surface area (Å²) in [5.41, 5.74) is 5.76. The molecule has 9 heteroatoms. The summed E-state index contributed by atoms with van der Waals surface area (Å²) in [5, 5.41) is 0.0215. The molecule has 1 rings (SSSR count). The number of hydrogen-bond acceptors (Lipinski definition) is 5.